The van der Waals surface area contributed by atoms with Crippen LogP contribution in [0.4, 0.5) is 0 Å². The van der Waals surface area contributed by atoms with Crippen molar-refractivity contribution in [1.82, 2.24) is 14.5 Å². The topological polar surface area (TPSA) is 155 Å². The SMILES string of the molecule is O=CO.O=CO.O[C@H]1CCOC2(CCN(Cc3ccccc3OCCn3ccnc3)CC2)[C@H]1O. The highest BCUT2D eigenvalue weighted by molar-refractivity contribution is 5.33. The largest absolute Gasteiger partial charge is 0.491 e. The second-order valence-corrected chi connectivity index (χ2v) is 7.96. The number of aliphatic hydroxyl groups is 2. The standard InChI is InChI=1S/C21H29N3O4.2CH2O2/c25-18-5-13-28-21(20(18)26)6-9-23(10-7-21)15-17-3-1-2-4-19(17)27-14-12-24-11-8-22-16-24;2*2-1-3/h1-4,8,11,16,18,20,25-26H,5-7,9-10,12-15H2;2*1H,(H,2,3)/t18-,20-;;/m0../s1. The van der Waals surface area contributed by atoms with E-state index in [1.165, 1.54) is 0 Å². The number of hydrogen-bond acceptors (Lipinski definition) is 8. The summed E-state index contributed by atoms with van der Waals surface area (Å²) in [5.74, 6) is 0.910. The molecule has 11 heteroatoms. The summed E-state index contributed by atoms with van der Waals surface area (Å²) < 4.78 is 13.9. The van der Waals surface area contributed by atoms with Gasteiger partial charge in [-0.15, -0.1) is 0 Å². The zero-order chi connectivity index (χ0) is 24.8. The van der Waals surface area contributed by atoms with Gasteiger partial charge in [0.1, 0.15) is 18.5 Å². The molecule has 188 valence electrons. The first-order valence-corrected chi connectivity index (χ1v) is 11.0. The summed E-state index contributed by atoms with van der Waals surface area (Å²) in [5.41, 5.74) is 0.573. The minimum atomic E-state index is -0.790. The van der Waals surface area contributed by atoms with Crippen molar-refractivity contribution in [3.8, 4) is 5.75 Å². The highest BCUT2D eigenvalue weighted by Gasteiger charge is 2.47. The van der Waals surface area contributed by atoms with Crippen LogP contribution in [0.25, 0.3) is 0 Å². The zero-order valence-corrected chi connectivity index (χ0v) is 19.0. The molecule has 34 heavy (non-hydrogen) atoms. The lowest BCUT2D eigenvalue weighted by molar-refractivity contribution is -0.214. The minimum absolute atomic E-state index is 0.250. The Balaban J connectivity index is 0.000000618. The van der Waals surface area contributed by atoms with Gasteiger partial charge in [-0.2, -0.15) is 0 Å². The van der Waals surface area contributed by atoms with Gasteiger partial charge in [0.2, 0.25) is 0 Å². The Kier molecular flexibility index (Phi) is 11.5. The molecule has 2 saturated heterocycles. The number of piperidine rings is 1. The van der Waals surface area contributed by atoms with Crippen molar-refractivity contribution in [2.24, 2.45) is 0 Å². The van der Waals surface area contributed by atoms with Crippen molar-refractivity contribution in [1.29, 1.82) is 0 Å². The lowest BCUT2D eigenvalue weighted by atomic mass is 9.80. The quantitative estimate of drug-likeness (QED) is 0.438. The van der Waals surface area contributed by atoms with Gasteiger partial charge in [-0.25, -0.2) is 4.98 Å². The first-order valence-electron chi connectivity index (χ1n) is 11.0. The maximum Gasteiger partial charge on any atom is 0.290 e. The van der Waals surface area contributed by atoms with Crippen molar-refractivity contribution in [2.45, 2.75) is 50.2 Å². The van der Waals surface area contributed by atoms with E-state index in [0.29, 0.717) is 19.6 Å². The van der Waals surface area contributed by atoms with Crippen LogP contribution in [0.15, 0.2) is 43.0 Å². The molecule has 2 aliphatic rings. The molecule has 0 saturated carbocycles. The third kappa shape index (κ3) is 7.80. The highest BCUT2D eigenvalue weighted by Crippen LogP contribution is 2.36. The third-order valence-electron chi connectivity index (χ3n) is 5.94. The molecule has 0 aliphatic carbocycles. The van der Waals surface area contributed by atoms with Crippen LogP contribution in [0.3, 0.4) is 0 Å². The lowest BCUT2D eigenvalue weighted by Gasteiger charge is -2.48. The van der Waals surface area contributed by atoms with Crippen molar-refractivity contribution in [2.75, 3.05) is 26.3 Å². The maximum atomic E-state index is 10.4. The summed E-state index contributed by atoms with van der Waals surface area (Å²) in [5, 5.41) is 34.2. The molecule has 0 unspecified atom stereocenters. The van der Waals surface area contributed by atoms with Crippen molar-refractivity contribution in [3.05, 3.63) is 48.5 Å². The van der Waals surface area contributed by atoms with Crippen LogP contribution in [0, 0.1) is 0 Å². The molecule has 1 aromatic carbocycles. The fourth-order valence-corrected chi connectivity index (χ4v) is 4.20. The summed E-state index contributed by atoms with van der Waals surface area (Å²) in [6.07, 6.45) is 5.99. The molecule has 2 fully saturated rings. The summed E-state index contributed by atoms with van der Waals surface area (Å²) >= 11 is 0. The van der Waals surface area contributed by atoms with E-state index < -0.39 is 17.8 Å². The number of aromatic nitrogens is 2. The molecule has 0 radical (unpaired) electrons. The lowest BCUT2D eigenvalue weighted by Crippen LogP contribution is -2.59. The fraction of sp³-hybridized carbons (Fsp3) is 0.522. The van der Waals surface area contributed by atoms with Crippen LogP contribution in [-0.4, -0.2) is 91.9 Å². The van der Waals surface area contributed by atoms with E-state index in [2.05, 4.69) is 16.0 Å². The average Bonchev–Trinajstić information content (AvgIpc) is 3.35. The Morgan fingerprint density at radius 2 is 1.82 bits per heavy atom. The van der Waals surface area contributed by atoms with Gasteiger partial charge in [0.25, 0.3) is 12.9 Å². The number of rotatable bonds is 6. The molecule has 1 aromatic heterocycles. The average molecular weight is 480 g/mol. The van der Waals surface area contributed by atoms with Crippen LogP contribution in [-0.2, 0) is 27.4 Å². The first kappa shape index (κ1) is 27.3. The van der Waals surface area contributed by atoms with Gasteiger partial charge in [-0.1, -0.05) is 18.2 Å². The van der Waals surface area contributed by atoms with Gasteiger partial charge in [0, 0.05) is 37.6 Å². The zero-order valence-electron chi connectivity index (χ0n) is 19.0. The van der Waals surface area contributed by atoms with Gasteiger partial charge in [0.05, 0.1) is 31.2 Å². The normalized spacial score (nSPS) is 21.4. The van der Waals surface area contributed by atoms with Crippen LogP contribution in [0.2, 0.25) is 0 Å². The predicted octanol–water partition coefficient (Wildman–Crippen LogP) is 0.840. The van der Waals surface area contributed by atoms with E-state index in [1.807, 2.05) is 29.0 Å². The Morgan fingerprint density at radius 3 is 2.47 bits per heavy atom. The molecule has 2 aromatic rings. The van der Waals surface area contributed by atoms with Crippen LogP contribution >= 0.6 is 0 Å². The molecule has 3 heterocycles. The molecular weight excluding hydrogens is 446 g/mol. The first-order chi connectivity index (χ1) is 16.5. The van der Waals surface area contributed by atoms with Crippen molar-refractivity contribution < 1.29 is 39.5 Å². The summed E-state index contributed by atoms with van der Waals surface area (Å²) in [6, 6.07) is 8.15. The Morgan fingerprint density at radius 1 is 1.15 bits per heavy atom. The summed E-state index contributed by atoms with van der Waals surface area (Å²) in [7, 11) is 0. The summed E-state index contributed by atoms with van der Waals surface area (Å²) in [4.78, 5) is 23.1. The van der Waals surface area contributed by atoms with Gasteiger partial charge in [-0.05, 0) is 25.3 Å². The fourth-order valence-electron chi connectivity index (χ4n) is 4.20. The monoisotopic (exact) mass is 479 g/mol. The van der Waals surface area contributed by atoms with Gasteiger partial charge >= 0.3 is 0 Å². The number of carbonyl (C=O) groups is 2. The second kappa shape index (κ2) is 14.3. The number of benzene rings is 1. The number of para-hydroxylation sites is 1. The van der Waals surface area contributed by atoms with E-state index in [4.69, 9.17) is 29.3 Å². The second-order valence-electron chi connectivity index (χ2n) is 7.96. The minimum Gasteiger partial charge on any atom is -0.491 e. The molecule has 4 N–H and O–H groups in total. The number of carboxylic acid groups (broad SMARTS) is 2. The Labute approximate surface area is 198 Å². The van der Waals surface area contributed by atoms with Crippen LogP contribution in [0.5, 0.6) is 5.75 Å². The van der Waals surface area contributed by atoms with Crippen molar-refractivity contribution >= 4 is 12.9 Å². The van der Waals surface area contributed by atoms with Crippen molar-refractivity contribution in [3.63, 3.8) is 0 Å². The Hall–Kier alpha value is -2.99. The van der Waals surface area contributed by atoms with Crippen LogP contribution in [0.1, 0.15) is 24.8 Å². The highest BCUT2D eigenvalue weighted by atomic mass is 16.5. The van der Waals surface area contributed by atoms with E-state index in [9.17, 15) is 10.2 Å². The van der Waals surface area contributed by atoms with Gasteiger partial charge in [0.15, 0.2) is 0 Å². The Bertz CT molecular complexity index is 835. The van der Waals surface area contributed by atoms with E-state index in [1.54, 1.807) is 12.5 Å². The maximum absolute atomic E-state index is 10.4. The molecule has 0 bridgehead atoms. The van der Waals surface area contributed by atoms with E-state index in [0.717, 1.165) is 50.3 Å². The number of ether oxygens (including phenoxy) is 2. The number of likely N-dealkylation sites (tertiary alicyclic amines) is 1. The van der Waals surface area contributed by atoms with Gasteiger partial charge in [-0.3, -0.25) is 14.5 Å². The molecule has 4 rings (SSSR count). The molecule has 2 atom stereocenters. The number of nitrogens with zero attached hydrogens (tertiary/aromatic N) is 3. The number of hydrogen-bond donors (Lipinski definition) is 4. The van der Waals surface area contributed by atoms with Gasteiger partial charge < -0.3 is 34.5 Å². The predicted molar refractivity (Wildman–Crippen MR) is 121 cm³/mol. The summed E-state index contributed by atoms with van der Waals surface area (Å²) in [6.45, 7) is 3.83. The van der Waals surface area contributed by atoms with Crippen LogP contribution < -0.4 is 4.74 Å². The molecule has 2 aliphatic heterocycles. The molecule has 11 nitrogen and oxygen atoms in total. The molecule has 1 spiro atoms. The van der Waals surface area contributed by atoms with E-state index in [-0.39, 0.29) is 12.9 Å². The number of imidazole rings is 1. The molecular formula is C23H33N3O8. The third-order valence-corrected chi connectivity index (χ3v) is 5.94. The number of aliphatic hydroxyl groups excluding tert-OH is 2. The smallest absolute Gasteiger partial charge is 0.290 e. The van der Waals surface area contributed by atoms with E-state index >= 15 is 0 Å². The molecule has 0 amide bonds.